The maximum absolute atomic E-state index is 13.0. The van der Waals surface area contributed by atoms with E-state index in [0.29, 0.717) is 28.8 Å². The molecule has 0 radical (unpaired) electrons. The molecular formula is C24H27F3N4OS. The average Bonchev–Trinajstić information content (AvgIpc) is 3.10. The molecule has 9 heteroatoms. The number of aryl methyl sites for hydroxylation is 2. The number of benzene rings is 1. The van der Waals surface area contributed by atoms with Gasteiger partial charge in [-0.1, -0.05) is 37.3 Å². The number of aromatic nitrogens is 2. The summed E-state index contributed by atoms with van der Waals surface area (Å²) in [5, 5.41) is 7.16. The molecule has 0 fully saturated rings. The van der Waals surface area contributed by atoms with Crippen molar-refractivity contribution < 1.29 is 18.0 Å². The first-order valence-corrected chi connectivity index (χ1v) is 11.1. The summed E-state index contributed by atoms with van der Waals surface area (Å²) in [4.78, 5) is 13.5. The Bertz CT molecular complexity index is 1110. The van der Waals surface area contributed by atoms with Gasteiger partial charge in [-0.25, -0.2) is 0 Å². The largest absolute Gasteiger partial charge is 0.416 e. The molecule has 2 aromatic rings. The molecule has 0 bridgehead atoms. The maximum atomic E-state index is 13.0. The minimum absolute atomic E-state index is 0.0813. The average molecular weight is 477 g/mol. The van der Waals surface area contributed by atoms with Gasteiger partial charge in [-0.2, -0.15) is 18.3 Å². The molecule has 3 N–H and O–H groups in total. The predicted octanol–water partition coefficient (Wildman–Crippen LogP) is 4.30. The van der Waals surface area contributed by atoms with Crippen molar-refractivity contribution in [1.82, 2.24) is 15.1 Å². The van der Waals surface area contributed by atoms with E-state index in [1.165, 1.54) is 6.07 Å². The summed E-state index contributed by atoms with van der Waals surface area (Å²) >= 11 is 5.57. The van der Waals surface area contributed by atoms with Crippen LogP contribution in [0.1, 0.15) is 42.1 Å². The highest BCUT2D eigenvalue weighted by molar-refractivity contribution is 7.81. The van der Waals surface area contributed by atoms with Crippen molar-refractivity contribution in [3.8, 4) is 0 Å². The molecule has 33 heavy (non-hydrogen) atoms. The number of carbonyl (C=O) groups excluding carboxylic acids is 1. The smallest absolute Gasteiger partial charge is 0.348 e. The number of halogens is 3. The molecule has 1 aliphatic carbocycles. The fraction of sp³-hybridized carbons (Fsp3) is 0.375. The summed E-state index contributed by atoms with van der Waals surface area (Å²) < 4.78 is 40.8. The van der Waals surface area contributed by atoms with Gasteiger partial charge in [-0.15, -0.1) is 0 Å². The van der Waals surface area contributed by atoms with Crippen molar-refractivity contribution in [3.63, 3.8) is 0 Å². The molecule has 176 valence electrons. The highest BCUT2D eigenvalue weighted by Crippen LogP contribution is 2.33. The molecule has 1 aromatic heterocycles. The molecule has 1 heterocycles. The Morgan fingerprint density at radius 1 is 1.36 bits per heavy atom. The van der Waals surface area contributed by atoms with E-state index in [0.717, 1.165) is 34.5 Å². The minimum Gasteiger partial charge on any atom is -0.348 e. The predicted molar refractivity (Wildman–Crippen MR) is 127 cm³/mol. The number of alkyl halides is 3. The number of amides is 1. The van der Waals surface area contributed by atoms with E-state index in [2.05, 4.69) is 10.4 Å². The van der Waals surface area contributed by atoms with E-state index in [4.69, 9.17) is 18.0 Å². The van der Waals surface area contributed by atoms with Gasteiger partial charge in [0.15, 0.2) is 0 Å². The third-order valence-electron chi connectivity index (χ3n) is 5.73. The second-order valence-electron chi connectivity index (χ2n) is 8.12. The lowest BCUT2D eigenvalue weighted by Gasteiger charge is -2.23. The van der Waals surface area contributed by atoms with Crippen LogP contribution in [0.3, 0.4) is 0 Å². The van der Waals surface area contributed by atoms with E-state index < -0.39 is 17.8 Å². The number of nitrogens with two attached hydrogens (primary N) is 1. The number of nitrogens with zero attached hydrogens (tertiary/aromatic N) is 2. The second-order valence-corrected chi connectivity index (χ2v) is 8.62. The lowest BCUT2D eigenvalue weighted by Crippen LogP contribution is -2.43. The first-order valence-electron chi connectivity index (χ1n) is 10.7. The summed E-state index contributed by atoms with van der Waals surface area (Å²) in [6.45, 7) is 4.08. The van der Waals surface area contributed by atoms with Gasteiger partial charge in [-0.3, -0.25) is 9.48 Å². The number of hydrogen-bond donors (Lipinski definition) is 2. The van der Waals surface area contributed by atoms with Crippen LogP contribution in [0, 0.1) is 6.92 Å². The van der Waals surface area contributed by atoms with E-state index in [9.17, 15) is 18.0 Å². The number of nitrogens with one attached hydrogen (secondary N) is 1. The standard InChI is InChI=1S/C24H27F3N4OS/c1-4-16-10-20(21(33)11-19(16)22-14(2)13-29-31(22)3)23(32)30-18(12-28)9-15-6-5-7-17(8-15)24(25,26)27/h5-8,10,13,18H,4,9,11-12,28H2,1-3H3,(H,30,32)/t18-/m0/s1. The van der Waals surface area contributed by atoms with Crippen LogP contribution < -0.4 is 11.1 Å². The first kappa shape index (κ1) is 24.9. The molecule has 0 spiro atoms. The fourth-order valence-corrected chi connectivity index (χ4v) is 4.35. The highest BCUT2D eigenvalue weighted by atomic mass is 32.1. The minimum atomic E-state index is -4.43. The quantitative estimate of drug-likeness (QED) is 0.585. The van der Waals surface area contributed by atoms with Crippen molar-refractivity contribution in [2.45, 2.75) is 45.3 Å². The number of rotatable bonds is 7. The summed E-state index contributed by atoms with van der Waals surface area (Å²) in [5.74, 6) is -0.367. The Labute approximate surface area is 196 Å². The molecule has 1 atom stereocenters. The Morgan fingerprint density at radius 2 is 2.09 bits per heavy atom. The van der Waals surface area contributed by atoms with Crippen molar-refractivity contribution in [2.75, 3.05) is 6.54 Å². The zero-order valence-corrected chi connectivity index (χ0v) is 19.6. The van der Waals surface area contributed by atoms with Gasteiger partial charge in [0, 0.05) is 30.9 Å². The number of thiocarbonyl (C=S) groups is 1. The summed E-state index contributed by atoms with van der Waals surface area (Å²) in [6, 6.07) is 4.52. The number of hydrogen-bond acceptors (Lipinski definition) is 4. The van der Waals surface area contributed by atoms with Gasteiger partial charge in [0.1, 0.15) is 0 Å². The van der Waals surface area contributed by atoms with E-state index in [1.54, 1.807) is 23.0 Å². The van der Waals surface area contributed by atoms with Crippen molar-refractivity contribution in [2.24, 2.45) is 12.8 Å². The first-order chi connectivity index (χ1) is 15.5. The van der Waals surface area contributed by atoms with Gasteiger partial charge in [0.05, 0.1) is 23.0 Å². The van der Waals surface area contributed by atoms with Crippen molar-refractivity contribution >= 4 is 28.6 Å². The van der Waals surface area contributed by atoms with Crippen molar-refractivity contribution in [3.05, 3.63) is 70.1 Å². The number of carbonyl (C=O) groups is 1. The third kappa shape index (κ3) is 5.59. The van der Waals surface area contributed by atoms with Gasteiger partial charge >= 0.3 is 6.18 Å². The summed E-state index contributed by atoms with van der Waals surface area (Å²) in [5.41, 5.74) is 10.0. The molecular weight excluding hydrogens is 449 g/mol. The molecule has 1 amide bonds. The normalized spacial score (nSPS) is 15.5. The molecule has 3 rings (SSSR count). The topological polar surface area (TPSA) is 72.9 Å². The van der Waals surface area contributed by atoms with Crippen LogP contribution in [-0.2, 0) is 24.4 Å². The third-order valence-corrected chi connectivity index (χ3v) is 6.10. The lowest BCUT2D eigenvalue weighted by molar-refractivity contribution is -0.137. The summed E-state index contributed by atoms with van der Waals surface area (Å²) in [6.07, 6.45) is 0.513. The fourth-order valence-electron chi connectivity index (χ4n) is 4.05. The Morgan fingerprint density at radius 3 is 2.67 bits per heavy atom. The van der Waals surface area contributed by atoms with Crippen LogP contribution in [0.25, 0.3) is 5.57 Å². The monoisotopic (exact) mass is 476 g/mol. The van der Waals surface area contributed by atoms with Crippen molar-refractivity contribution in [1.29, 1.82) is 0 Å². The zero-order valence-electron chi connectivity index (χ0n) is 18.8. The van der Waals surface area contributed by atoms with E-state index >= 15 is 0 Å². The molecule has 5 nitrogen and oxygen atoms in total. The number of allylic oxidation sites excluding steroid dienone is 3. The summed E-state index contributed by atoms with van der Waals surface area (Å²) in [7, 11) is 1.87. The molecule has 1 aliphatic rings. The Kier molecular flexibility index (Phi) is 7.54. The van der Waals surface area contributed by atoms with Crippen LogP contribution >= 0.6 is 12.2 Å². The zero-order chi connectivity index (χ0) is 24.3. The van der Waals surface area contributed by atoms with Crippen LogP contribution in [0.5, 0.6) is 0 Å². The molecule has 0 unspecified atom stereocenters. The molecule has 0 saturated carbocycles. The molecule has 1 aromatic carbocycles. The van der Waals surface area contributed by atoms with Gasteiger partial charge < -0.3 is 11.1 Å². The Hall–Kier alpha value is -2.78. The van der Waals surface area contributed by atoms with E-state index in [-0.39, 0.29) is 18.9 Å². The van der Waals surface area contributed by atoms with Gasteiger partial charge in [-0.05, 0) is 54.2 Å². The SMILES string of the molecule is CCC1=C(c2c(C)cnn2C)CC(=S)C(C(=O)N[C@H](CN)Cc2cccc(C(F)(F)F)c2)=C1. The van der Waals surface area contributed by atoms with Gasteiger partial charge in [0.2, 0.25) is 0 Å². The lowest BCUT2D eigenvalue weighted by atomic mass is 9.87. The Balaban J connectivity index is 1.82. The van der Waals surface area contributed by atoms with Crippen LogP contribution in [0.2, 0.25) is 0 Å². The maximum Gasteiger partial charge on any atom is 0.416 e. The van der Waals surface area contributed by atoms with E-state index in [1.807, 2.05) is 20.9 Å². The second kappa shape index (κ2) is 10.0. The molecule has 0 saturated heterocycles. The van der Waals surface area contributed by atoms with Crippen LogP contribution in [0.15, 0.2) is 47.7 Å². The molecule has 0 aliphatic heterocycles. The van der Waals surface area contributed by atoms with Crippen LogP contribution in [-0.4, -0.2) is 33.1 Å². The highest BCUT2D eigenvalue weighted by Gasteiger charge is 2.31. The van der Waals surface area contributed by atoms with Crippen LogP contribution in [0.4, 0.5) is 13.2 Å². The van der Waals surface area contributed by atoms with Gasteiger partial charge in [0.25, 0.3) is 5.91 Å².